The predicted molar refractivity (Wildman–Crippen MR) is 52.1 cm³/mol. The van der Waals surface area contributed by atoms with Crippen LogP contribution in [0.3, 0.4) is 0 Å². The molecule has 0 spiro atoms. The van der Waals surface area contributed by atoms with E-state index in [0.717, 1.165) is 11.3 Å². The molecule has 0 aliphatic heterocycles. The molecule has 0 heterocycles. The molecule has 0 aliphatic rings. The number of nitrogens with one attached hydrogen (secondary N) is 2. The minimum absolute atomic E-state index is 0.0223. The normalized spacial score (nSPS) is 12.5. The van der Waals surface area contributed by atoms with Crippen LogP contribution < -0.4 is 21.3 Å². The zero-order valence-corrected chi connectivity index (χ0v) is 7.87. The van der Waals surface area contributed by atoms with Crippen molar-refractivity contribution in [1.29, 1.82) is 0 Å². The Morgan fingerprint density at radius 2 is 1.92 bits per heavy atom. The molecule has 4 nitrogen and oxygen atoms in total. The van der Waals surface area contributed by atoms with Crippen molar-refractivity contribution in [3.8, 4) is 5.75 Å². The van der Waals surface area contributed by atoms with Crippen molar-refractivity contribution >= 4 is 0 Å². The summed E-state index contributed by atoms with van der Waals surface area (Å²) in [6.07, 6.45) is -0.0223. The van der Waals surface area contributed by atoms with E-state index in [-0.39, 0.29) is 6.17 Å². The summed E-state index contributed by atoms with van der Waals surface area (Å²) in [5, 5.41) is 3.03. The Kier molecular flexibility index (Phi) is 3.70. The minimum atomic E-state index is -0.0223. The Labute approximate surface area is 78.0 Å². The standard InChI is InChI=1S/C9H15N3O/c1-11-9(12-10)7-3-5-8(13-2)6-4-7/h3-6,9,11-12H,10H2,1-2H3. The minimum Gasteiger partial charge on any atom is -0.497 e. The monoisotopic (exact) mass is 181 g/mol. The Bertz CT molecular complexity index is 244. The van der Waals surface area contributed by atoms with Gasteiger partial charge in [-0.15, -0.1) is 0 Å². The van der Waals surface area contributed by atoms with Crippen LogP contribution in [0.1, 0.15) is 11.7 Å². The Morgan fingerprint density at radius 1 is 1.31 bits per heavy atom. The quantitative estimate of drug-likeness (QED) is 0.357. The molecule has 4 heteroatoms. The Morgan fingerprint density at radius 3 is 2.31 bits per heavy atom. The third-order valence-electron chi connectivity index (χ3n) is 1.90. The molecule has 4 N–H and O–H groups in total. The number of ether oxygens (including phenoxy) is 1. The van der Waals surface area contributed by atoms with Crippen LogP contribution in [-0.4, -0.2) is 14.2 Å². The van der Waals surface area contributed by atoms with Gasteiger partial charge in [-0.25, -0.2) is 5.43 Å². The number of rotatable bonds is 4. The van der Waals surface area contributed by atoms with E-state index in [2.05, 4.69) is 10.7 Å². The third kappa shape index (κ3) is 2.42. The molecule has 0 saturated carbocycles. The zero-order chi connectivity index (χ0) is 9.68. The van der Waals surface area contributed by atoms with Crippen molar-refractivity contribution in [2.45, 2.75) is 6.17 Å². The first-order valence-corrected chi connectivity index (χ1v) is 4.09. The average Bonchev–Trinajstić information content (AvgIpc) is 2.21. The number of nitrogens with two attached hydrogens (primary N) is 1. The molecule has 0 amide bonds. The van der Waals surface area contributed by atoms with Crippen molar-refractivity contribution in [2.75, 3.05) is 14.2 Å². The van der Waals surface area contributed by atoms with Crippen molar-refractivity contribution in [2.24, 2.45) is 5.84 Å². The largest absolute Gasteiger partial charge is 0.497 e. The first-order valence-electron chi connectivity index (χ1n) is 4.09. The molecule has 1 aromatic carbocycles. The SMILES string of the molecule is CNC(NN)c1ccc(OC)cc1. The Balaban J connectivity index is 2.78. The van der Waals surface area contributed by atoms with E-state index in [4.69, 9.17) is 10.6 Å². The van der Waals surface area contributed by atoms with Crippen LogP contribution in [0.5, 0.6) is 5.75 Å². The Hall–Kier alpha value is -1.10. The topological polar surface area (TPSA) is 59.3 Å². The lowest BCUT2D eigenvalue weighted by Crippen LogP contribution is -2.36. The highest BCUT2D eigenvalue weighted by Crippen LogP contribution is 2.14. The lowest BCUT2D eigenvalue weighted by molar-refractivity contribution is 0.413. The first kappa shape index (κ1) is 9.98. The van der Waals surface area contributed by atoms with Crippen LogP contribution >= 0.6 is 0 Å². The molecule has 0 saturated heterocycles. The van der Waals surface area contributed by atoms with Crippen LogP contribution in [0.25, 0.3) is 0 Å². The fraction of sp³-hybridized carbons (Fsp3) is 0.333. The number of hydrazine groups is 1. The van der Waals surface area contributed by atoms with Crippen LogP contribution in [0, 0.1) is 0 Å². The highest BCUT2D eigenvalue weighted by Gasteiger charge is 2.04. The van der Waals surface area contributed by atoms with Crippen LogP contribution in [0.15, 0.2) is 24.3 Å². The van der Waals surface area contributed by atoms with Crippen molar-refractivity contribution in [1.82, 2.24) is 10.7 Å². The van der Waals surface area contributed by atoms with Gasteiger partial charge in [0.15, 0.2) is 0 Å². The van der Waals surface area contributed by atoms with E-state index in [1.807, 2.05) is 31.3 Å². The van der Waals surface area contributed by atoms with Gasteiger partial charge in [0.1, 0.15) is 5.75 Å². The molecule has 0 bridgehead atoms. The van der Waals surface area contributed by atoms with E-state index in [1.165, 1.54) is 0 Å². The second-order valence-electron chi connectivity index (χ2n) is 2.66. The van der Waals surface area contributed by atoms with Gasteiger partial charge in [0, 0.05) is 0 Å². The molecule has 1 unspecified atom stereocenters. The molecule has 1 atom stereocenters. The van der Waals surface area contributed by atoms with Crippen LogP contribution in [0.4, 0.5) is 0 Å². The summed E-state index contributed by atoms with van der Waals surface area (Å²) >= 11 is 0. The summed E-state index contributed by atoms with van der Waals surface area (Å²) in [6, 6.07) is 7.72. The van der Waals surface area contributed by atoms with Gasteiger partial charge < -0.3 is 10.1 Å². The molecule has 1 rings (SSSR count). The second-order valence-corrected chi connectivity index (χ2v) is 2.66. The summed E-state index contributed by atoms with van der Waals surface area (Å²) in [5.41, 5.74) is 3.73. The lowest BCUT2D eigenvalue weighted by atomic mass is 10.2. The fourth-order valence-corrected chi connectivity index (χ4v) is 1.14. The smallest absolute Gasteiger partial charge is 0.118 e. The van der Waals surface area contributed by atoms with Gasteiger partial charge in [0.05, 0.1) is 13.3 Å². The van der Waals surface area contributed by atoms with Crippen LogP contribution in [0.2, 0.25) is 0 Å². The summed E-state index contributed by atoms with van der Waals surface area (Å²) in [7, 11) is 3.49. The molecule has 0 radical (unpaired) electrons. The molecular weight excluding hydrogens is 166 g/mol. The number of methoxy groups -OCH3 is 1. The van der Waals surface area contributed by atoms with Crippen LogP contribution in [-0.2, 0) is 0 Å². The van der Waals surface area contributed by atoms with Crippen molar-refractivity contribution in [3.05, 3.63) is 29.8 Å². The highest BCUT2D eigenvalue weighted by atomic mass is 16.5. The van der Waals surface area contributed by atoms with Gasteiger partial charge in [-0.05, 0) is 24.7 Å². The van der Waals surface area contributed by atoms with E-state index in [1.54, 1.807) is 7.11 Å². The van der Waals surface area contributed by atoms with E-state index < -0.39 is 0 Å². The second kappa shape index (κ2) is 4.81. The summed E-state index contributed by atoms with van der Waals surface area (Å²) < 4.78 is 5.04. The first-order chi connectivity index (χ1) is 6.31. The average molecular weight is 181 g/mol. The van der Waals surface area contributed by atoms with Gasteiger partial charge in [-0.3, -0.25) is 5.84 Å². The molecule has 0 fully saturated rings. The van der Waals surface area contributed by atoms with Gasteiger partial charge in [-0.2, -0.15) is 0 Å². The van der Waals surface area contributed by atoms with Gasteiger partial charge in [0.2, 0.25) is 0 Å². The molecule has 0 aliphatic carbocycles. The van der Waals surface area contributed by atoms with E-state index >= 15 is 0 Å². The number of hydrogen-bond donors (Lipinski definition) is 3. The zero-order valence-electron chi connectivity index (χ0n) is 7.87. The van der Waals surface area contributed by atoms with Crippen molar-refractivity contribution < 1.29 is 4.74 Å². The third-order valence-corrected chi connectivity index (χ3v) is 1.90. The maximum absolute atomic E-state index is 5.34. The van der Waals surface area contributed by atoms with Gasteiger partial charge in [-0.1, -0.05) is 12.1 Å². The highest BCUT2D eigenvalue weighted by molar-refractivity contribution is 5.28. The lowest BCUT2D eigenvalue weighted by Gasteiger charge is -2.15. The molecular formula is C9H15N3O. The van der Waals surface area contributed by atoms with Crippen molar-refractivity contribution in [3.63, 3.8) is 0 Å². The molecule has 0 aromatic heterocycles. The summed E-state index contributed by atoms with van der Waals surface area (Å²) in [5.74, 6) is 6.19. The maximum Gasteiger partial charge on any atom is 0.118 e. The summed E-state index contributed by atoms with van der Waals surface area (Å²) in [6.45, 7) is 0. The van der Waals surface area contributed by atoms with E-state index in [9.17, 15) is 0 Å². The van der Waals surface area contributed by atoms with E-state index in [0.29, 0.717) is 0 Å². The van der Waals surface area contributed by atoms with Gasteiger partial charge >= 0.3 is 0 Å². The van der Waals surface area contributed by atoms with Gasteiger partial charge in [0.25, 0.3) is 0 Å². The molecule has 13 heavy (non-hydrogen) atoms. The molecule has 72 valence electrons. The summed E-state index contributed by atoms with van der Waals surface area (Å²) in [4.78, 5) is 0. The fourth-order valence-electron chi connectivity index (χ4n) is 1.14. The number of hydrogen-bond acceptors (Lipinski definition) is 4. The molecule has 1 aromatic rings. The number of benzene rings is 1. The maximum atomic E-state index is 5.34. The predicted octanol–water partition coefficient (Wildman–Crippen LogP) is 0.376.